The number of nitrogens with zero attached hydrogens (tertiary/aromatic N) is 1. The van der Waals surface area contributed by atoms with Crippen LogP contribution in [0, 0.1) is 10.1 Å². The zero-order valence-corrected chi connectivity index (χ0v) is 11.8. The lowest BCUT2D eigenvalue weighted by Gasteiger charge is -2.07. The number of carbonyl (C=O) groups excluding carboxylic acids is 1. The Hall–Kier alpha value is -2.00. The van der Waals surface area contributed by atoms with E-state index in [1.54, 1.807) is 0 Å². The SMILES string of the molecule is O=C(O)COCCNC(=O)c1cccc([N+](=O)[O-])c1Br. The van der Waals surface area contributed by atoms with Crippen LogP contribution in [0.3, 0.4) is 0 Å². The van der Waals surface area contributed by atoms with Gasteiger partial charge >= 0.3 is 5.97 Å². The summed E-state index contributed by atoms with van der Waals surface area (Å²) in [5.74, 6) is -1.61. The van der Waals surface area contributed by atoms with Crippen molar-refractivity contribution in [3.63, 3.8) is 0 Å². The number of carboxylic acids is 1. The summed E-state index contributed by atoms with van der Waals surface area (Å²) < 4.78 is 4.83. The zero-order valence-electron chi connectivity index (χ0n) is 10.2. The van der Waals surface area contributed by atoms with Crippen molar-refractivity contribution in [2.75, 3.05) is 19.8 Å². The number of hydrogen-bond acceptors (Lipinski definition) is 5. The Morgan fingerprint density at radius 3 is 2.75 bits per heavy atom. The third-order valence-electron chi connectivity index (χ3n) is 2.18. The van der Waals surface area contributed by atoms with E-state index in [9.17, 15) is 19.7 Å². The summed E-state index contributed by atoms with van der Waals surface area (Å²) >= 11 is 3.01. The first kappa shape index (κ1) is 16.1. The van der Waals surface area contributed by atoms with Crippen LogP contribution in [0.2, 0.25) is 0 Å². The highest BCUT2D eigenvalue weighted by Gasteiger charge is 2.18. The Morgan fingerprint density at radius 1 is 1.45 bits per heavy atom. The van der Waals surface area contributed by atoms with Crippen LogP contribution in [0.1, 0.15) is 10.4 Å². The van der Waals surface area contributed by atoms with Crippen LogP contribution in [0.25, 0.3) is 0 Å². The fraction of sp³-hybridized carbons (Fsp3) is 0.273. The van der Waals surface area contributed by atoms with E-state index in [4.69, 9.17) is 9.84 Å². The van der Waals surface area contributed by atoms with Crippen molar-refractivity contribution in [3.8, 4) is 0 Å². The molecule has 1 amide bonds. The molecule has 0 bridgehead atoms. The van der Waals surface area contributed by atoms with Crippen molar-refractivity contribution in [2.24, 2.45) is 0 Å². The van der Waals surface area contributed by atoms with Gasteiger partial charge in [-0.3, -0.25) is 14.9 Å². The molecule has 0 aliphatic carbocycles. The van der Waals surface area contributed by atoms with Gasteiger partial charge in [0.25, 0.3) is 11.6 Å². The lowest BCUT2D eigenvalue weighted by atomic mass is 10.2. The number of nitro groups is 1. The maximum Gasteiger partial charge on any atom is 0.329 e. The second-order valence-electron chi connectivity index (χ2n) is 3.60. The Labute approximate surface area is 122 Å². The molecule has 108 valence electrons. The standard InChI is InChI=1S/C11H11BrN2O6/c12-10-7(2-1-3-8(10)14(18)19)11(17)13-4-5-20-6-9(15)16/h1-3H,4-6H2,(H,13,17)(H,15,16). The number of rotatable bonds is 7. The van der Waals surface area contributed by atoms with Crippen LogP contribution in [0.5, 0.6) is 0 Å². The third-order valence-corrected chi connectivity index (χ3v) is 3.01. The third kappa shape index (κ3) is 4.59. The molecule has 0 saturated carbocycles. The monoisotopic (exact) mass is 346 g/mol. The van der Waals surface area contributed by atoms with E-state index in [0.717, 1.165) is 0 Å². The van der Waals surface area contributed by atoms with E-state index in [1.807, 2.05) is 0 Å². The largest absolute Gasteiger partial charge is 0.480 e. The summed E-state index contributed by atoms with van der Waals surface area (Å²) in [5, 5.41) is 21.5. The first-order chi connectivity index (χ1) is 9.43. The molecule has 20 heavy (non-hydrogen) atoms. The van der Waals surface area contributed by atoms with E-state index in [-0.39, 0.29) is 28.9 Å². The minimum absolute atomic E-state index is 0.0323. The molecule has 0 saturated heterocycles. The zero-order chi connectivity index (χ0) is 15.1. The van der Waals surface area contributed by atoms with Crippen molar-refractivity contribution in [1.29, 1.82) is 0 Å². The van der Waals surface area contributed by atoms with Gasteiger partial charge in [0, 0.05) is 12.6 Å². The van der Waals surface area contributed by atoms with E-state index in [2.05, 4.69) is 21.2 Å². The van der Waals surface area contributed by atoms with Crippen LogP contribution in [-0.4, -0.2) is 41.7 Å². The molecule has 1 aromatic rings. The number of nitrogens with one attached hydrogen (secondary N) is 1. The fourth-order valence-corrected chi connectivity index (χ4v) is 1.92. The lowest BCUT2D eigenvalue weighted by Crippen LogP contribution is -2.28. The van der Waals surface area contributed by atoms with Gasteiger partial charge in [-0.2, -0.15) is 0 Å². The number of benzene rings is 1. The molecular weight excluding hydrogens is 336 g/mol. The molecular formula is C11H11BrN2O6. The van der Waals surface area contributed by atoms with Crippen molar-refractivity contribution < 1.29 is 24.4 Å². The Bertz CT molecular complexity index is 534. The van der Waals surface area contributed by atoms with Crippen molar-refractivity contribution in [2.45, 2.75) is 0 Å². The number of nitro benzene ring substituents is 1. The highest BCUT2D eigenvalue weighted by Crippen LogP contribution is 2.27. The van der Waals surface area contributed by atoms with Gasteiger partial charge in [-0.25, -0.2) is 4.79 Å². The van der Waals surface area contributed by atoms with Crippen LogP contribution < -0.4 is 5.32 Å². The van der Waals surface area contributed by atoms with Crippen LogP contribution in [-0.2, 0) is 9.53 Å². The number of carboxylic acid groups (broad SMARTS) is 1. The highest BCUT2D eigenvalue weighted by molar-refractivity contribution is 9.10. The predicted octanol–water partition coefficient (Wildman–Crippen LogP) is 1.19. The normalized spacial score (nSPS) is 10.1. The molecule has 0 unspecified atom stereocenters. The van der Waals surface area contributed by atoms with Gasteiger partial charge in [0.15, 0.2) is 0 Å². The second-order valence-corrected chi connectivity index (χ2v) is 4.39. The van der Waals surface area contributed by atoms with E-state index in [0.29, 0.717) is 0 Å². The van der Waals surface area contributed by atoms with Crippen molar-refractivity contribution in [1.82, 2.24) is 5.32 Å². The Morgan fingerprint density at radius 2 is 2.15 bits per heavy atom. The molecule has 2 N–H and O–H groups in total. The maximum atomic E-state index is 11.8. The van der Waals surface area contributed by atoms with Crippen molar-refractivity contribution in [3.05, 3.63) is 38.3 Å². The maximum absolute atomic E-state index is 11.8. The molecule has 9 heteroatoms. The summed E-state index contributed by atoms with van der Waals surface area (Å²) in [5.41, 5.74) is -0.0859. The molecule has 1 aromatic carbocycles. The first-order valence-electron chi connectivity index (χ1n) is 5.44. The molecule has 0 aromatic heterocycles. The smallest absolute Gasteiger partial charge is 0.329 e. The number of carbonyl (C=O) groups is 2. The molecule has 0 atom stereocenters. The summed E-state index contributed by atoms with van der Waals surface area (Å²) in [4.78, 5) is 32.1. The topological polar surface area (TPSA) is 119 Å². The number of amides is 1. The van der Waals surface area contributed by atoms with Gasteiger partial charge in [0.05, 0.1) is 17.1 Å². The Balaban J connectivity index is 2.58. The summed E-state index contributed by atoms with van der Waals surface area (Å²) in [6.45, 7) is -0.317. The van der Waals surface area contributed by atoms with Crippen LogP contribution >= 0.6 is 15.9 Å². The number of aliphatic carboxylic acids is 1. The minimum atomic E-state index is -1.10. The predicted molar refractivity (Wildman–Crippen MR) is 71.6 cm³/mol. The van der Waals surface area contributed by atoms with Gasteiger partial charge < -0.3 is 15.2 Å². The number of ether oxygens (including phenoxy) is 1. The Kier molecular flexibility index (Phi) is 6.07. The first-order valence-corrected chi connectivity index (χ1v) is 6.23. The molecule has 0 fully saturated rings. The molecule has 1 rings (SSSR count). The quantitative estimate of drug-likeness (QED) is 0.434. The molecule has 0 radical (unpaired) electrons. The van der Waals surface area contributed by atoms with Gasteiger partial charge in [0.2, 0.25) is 0 Å². The lowest BCUT2D eigenvalue weighted by molar-refractivity contribution is -0.385. The molecule has 0 heterocycles. The van der Waals surface area contributed by atoms with Crippen molar-refractivity contribution >= 4 is 33.5 Å². The van der Waals surface area contributed by atoms with Crippen LogP contribution in [0.15, 0.2) is 22.7 Å². The van der Waals surface area contributed by atoms with Gasteiger partial charge in [-0.05, 0) is 22.0 Å². The van der Waals surface area contributed by atoms with Gasteiger partial charge in [-0.15, -0.1) is 0 Å². The summed E-state index contributed by atoms with van der Waals surface area (Å²) in [7, 11) is 0. The number of halogens is 1. The average Bonchev–Trinajstić information content (AvgIpc) is 2.37. The number of hydrogen-bond donors (Lipinski definition) is 2. The highest BCUT2D eigenvalue weighted by atomic mass is 79.9. The summed E-state index contributed by atoms with van der Waals surface area (Å²) in [6.07, 6.45) is 0. The van der Waals surface area contributed by atoms with E-state index < -0.39 is 23.4 Å². The molecule has 8 nitrogen and oxygen atoms in total. The average molecular weight is 347 g/mol. The van der Waals surface area contributed by atoms with E-state index in [1.165, 1.54) is 18.2 Å². The molecule has 0 aliphatic rings. The van der Waals surface area contributed by atoms with E-state index >= 15 is 0 Å². The molecule has 0 spiro atoms. The minimum Gasteiger partial charge on any atom is -0.480 e. The van der Waals surface area contributed by atoms with Gasteiger partial charge in [-0.1, -0.05) is 6.07 Å². The summed E-state index contributed by atoms with van der Waals surface area (Å²) in [6, 6.07) is 4.11. The van der Waals surface area contributed by atoms with Crippen LogP contribution in [0.4, 0.5) is 5.69 Å². The fourth-order valence-electron chi connectivity index (χ4n) is 1.33. The van der Waals surface area contributed by atoms with Gasteiger partial charge in [0.1, 0.15) is 11.1 Å². The molecule has 0 aliphatic heterocycles. The second kappa shape index (κ2) is 7.56.